The van der Waals surface area contributed by atoms with Crippen LogP contribution in [0.5, 0.6) is 0 Å². The Kier molecular flexibility index (Phi) is 5.02. The van der Waals surface area contributed by atoms with Crippen LogP contribution in [-0.2, 0) is 0 Å². The molecule has 6 heteroatoms. The number of rotatable bonds is 5. The first kappa shape index (κ1) is 15.5. The van der Waals surface area contributed by atoms with Gasteiger partial charge in [-0.15, -0.1) is 23.2 Å². The third-order valence-corrected chi connectivity index (χ3v) is 14.8. The van der Waals surface area contributed by atoms with E-state index >= 15 is 0 Å². The summed E-state index contributed by atoms with van der Waals surface area (Å²) >= 11 is 13.2. The summed E-state index contributed by atoms with van der Waals surface area (Å²) in [4.78, 5) is 0. The quantitative estimate of drug-likeness (QED) is 0.301. The molecular formula is C14H20Cl2S4. The lowest BCUT2D eigenvalue weighted by molar-refractivity contribution is 0.500. The zero-order valence-corrected chi connectivity index (χ0v) is 16.0. The van der Waals surface area contributed by atoms with Gasteiger partial charge in [0.2, 0.25) is 0 Å². The van der Waals surface area contributed by atoms with Crippen LogP contribution in [0.3, 0.4) is 0 Å². The van der Waals surface area contributed by atoms with E-state index in [2.05, 4.69) is 0 Å². The SMILES string of the molecule is Cl[C@@H]1[C@@H]2CC[C@@H](C2)[C@H]1SSSS[C@H]1[C@@H]2CC[C@@H](C2)[C@@H]1Cl. The van der Waals surface area contributed by atoms with E-state index in [9.17, 15) is 0 Å². The maximum atomic E-state index is 6.58. The highest BCUT2D eigenvalue weighted by Crippen LogP contribution is 2.60. The highest BCUT2D eigenvalue weighted by atomic mass is 35.5. The average Bonchev–Trinajstić information content (AvgIpc) is 3.17. The second-order valence-electron chi connectivity index (χ2n) is 6.81. The van der Waals surface area contributed by atoms with Crippen LogP contribution in [0.4, 0.5) is 0 Å². The lowest BCUT2D eigenvalue weighted by atomic mass is 10.00. The first-order valence-electron chi connectivity index (χ1n) is 7.67. The van der Waals surface area contributed by atoms with Crippen molar-refractivity contribution in [3.05, 3.63) is 0 Å². The maximum absolute atomic E-state index is 6.58. The van der Waals surface area contributed by atoms with Crippen LogP contribution in [0.1, 0.15) is 38.5 Å². The number of alkyl halides is 2. The summed E-state index contributed by atoms with van der Waals surface area (Å²) in [5.41, 5.74) is 0. The summed E-state index contributed by atoms with van der Waals surface area (Å²) in [6, 6.07) is 0. The molecule has 4 bridgehead atoms. The van der Waals surface area contributed by atoms with E-state index in [1.807, 2.05) is 41.2 Å². The molecule has 4 rings (SSSR count). The smallest absolute Gasteiger partial charge is 0.0494 e. The van der Waals surface area contributed by atoms with E-state index < -0.39 is 0 Å². The van der Waals surface area contributed by atoms with Gasteiger partial charge in [0, 0.05) is 21.3 Å². The van der Waals surface area contributed by atoms with Crippen molar-refractivity contribution in [2.75, 3.05) is 0 Å². The summed E-state index contributed by atoms with van der Waals surface area (Å²) in [6.45, 7) is 0. The van der Waals surface area contributed by atoms with E-state index in [1.165, 1.54) is 38.5 Å². The lowest BCUT2D eigenvalue weighted by Crippen LogP contribution is -2.24. The fourth-order valence-electron chi connectivity index (χ4n) is 4.72. The molecule has 0 radical (unpaired) electrons. The van der Waals surface area contributed by atoms with E-state index in [0.29, 0.717) is 21.3 Å². The zero-order valence-electron chi connectivity index (χ0n) is 11.3. The van der Waals surface area contributed by atoms with E-state index in [0.717, 1.165) is 23.7 Å². The molecule has 8 atom stereocenters. The van der Waals surface area contributed by atoms with Crippen molar-refractivity contribution in [3.8, 4) is 0 Å². The van der Waals surface area contributed by atoms with Gasteiger partial charge in [-0.1, -0.05) is 21.6 Å². The first-order chi connectivity index (χ1) is 9.74. The largest absolute Gasteiger partial charge is 0.121 e. The Morgan fingerprint density at radius 2 is 1.00 bits per heavy atom. The molecule has 0 saturated heterocycles. The lowest BCUT2D eigenvalue weighted by Gasteiger charge is -2.26. The third kappa shape index (κ3) is 2.77. The third-order valence-electron chi connectivity index (χ3n) is 5.81. The second-order valence-corrected chi connectivity index (χ2v) is 14.0. The van der Waals surface area contributed by atoms with Crippen molar-refractivity contribution >= 4 is 64.4 Å². The van der Waals surface area contributed by atoms with Gasteiger partial charge in [-0.2, -0.15) is 0 Å². The molecule has 0 aromatic rings. The van der Waals surface area contributed by atoms with Crippen LogP contribution in [0, 0.1) is 23.7 Å². The number of hydrogen-bond acceptors (Lipinski definition) is 4. The Morgan fingerprint density at radius 1 is 0.600 bits per heavy atom. The summed E-state index contributed by atoms with van der Waals surface area (Å²) < 4.78 is 0. The molecule has 0 amide bonds. The van der Waals surface area contributed by atoms with Gasteiger partial charge < -0.3 is 0 Å². The number of hydrogen-bond donors (Lipinski definition) is 0. The van der Waals surface area contributed by atoms with E-state index in [1.54, 1.807) is 0 Å². The minimum absolute atomic E-state index is 0.431. The fraction of sp³-hybridized carbons (Fsp3) is 1.00. The van der Waals surface area contributed by atoms with Gasteiger partial charge in [0.15, 0.2) is 0 Å². The van der Waals surface area contributed by atoms with Crippen molar-refractivity contribution in [2.45, 2.75) is 59.8 Å². The Bertz CT molecular complexity index is 331. The normalized spacial score (nSPS) is 53.1. The van der Waals surface area contributed by atoms with Gasteiger partial charge in [0.05, 0.1) is 0 Å². The molecule has 4 aliphatic rings. The van der Waals surface area contributed by atoms with Gasteiger partial charge in [0.25, 0.3) is 0 Å². The molecule has 4 fully saturated rings. The fourth-order valence-corrected chi connectivity index (χ4v) is 14.3. The van der Waals surface area contributed by atoms with Gasteiger partial charge >= 0.3 is 0 Å². The molecule has 0 unspecified atom stereocenters. The van der Waals surface area contributed by atoms with Gasteiger partial charge in [-0.25, -0.2) is 0 Å². The van der Waals surface area contributed by atoms with Crippen LogP contribution in [0.2, 0.25) is 0 Å². The molecule has 0 N–H and O–H groups in total. The molecule has 20 heavy (non-hydrogen) atoms. The molecule has 0 aromatic carbocycles. The molecule has 0 aromatic heterocycles. The number of halogens is 2. The van der Waals surface area contributed by atoms with Crippen molar-refractivity contribution in [3.63, 3.8) is 0 Å². The topological polar surface area (TPSA) is 0 Å². The average molecular weight is 387 g/mol. The van der Waals surface area contributed by atoms with Crippen LogP contribution < -0.4 is 0 Å². The predicted octanol–water partition coefficient (Wildman–Crippen LogP) is 6.48. The predicted molar refractivity (Wildman–Crippen MR) is 98.9 cm³/mol. The standard InChI is InChI=1S/C14H20Cl2S4/c15-11-7-1-3-9(5-7)13(11)17-19-20-18-14-10-4-2-8(6-10)12(14)16/h7-14H,1-6H2/t7-,8+,9+,10-,11-,12+,13-,14+. The van der Waals surface area contributed by atoms with Crippen LogP contribution in [0.25, 0.3) is 0 Å². The molecule has 0 heterocycles. The summed E-state index contributed by atoms with van der Waals surface area (Å²) in [6.07, 6.45) is 8.36. The second kappa shape index (κ2) is 6.47. The Labute approximate surface area is 147 Å². The molecule has 4 aliphatic carbocycles. The van der Waals surface area contributed by atoms with Crippen molar-refractivity contribution in [1.82, 2.24) is 0 Å². The number of fused-ring (bicyclic) bond motifs is 4. The molecule has 0 spiro atoms. The summed E-state index contributed by atoms with van der Waals surface area (Å²) in [5.74, 6) is 3.42. The summed E-state index contributed by atoms with van der Waals surface area (Å²) in [7, 11) is 8.01. The molecule has 0 nitrogen and oxygen atoms in total. The van der Waals surface area contributed by atoms with Crippen molar-refractivity contribution < 1.29 is 0 Å². The highest BCUT2D eigenvalue weighted by molar-refractivity contribution is 9.26. The Morgan fingerprint density at radius 3 is 1.35 bits per heavy atom. The molecular weight excluding hydrogens is 367 g/mol. The van der Waals surface area contributed by atoms with Crippen LogP contribution >= 0.6 is 64.4 Å². The Hall–Kier alpha value is 1.98. The highest BCUT2D eigenvalue weighted by Gasteiger charge is 2.48. The van der Waals surface area contributed by atoms with Crippen LogP contribution in [-0.4, -0.2) is 21.3 Å². The van der Waals surface area contributed by atoms with E-state index in [4.69, 9.17) is 23.2 Å². The monoisotopic (exact) mass is 386 g/mol. The van der Waals surface area contributed by atoms with E-state index in [-0.39, 0.29) is 0 Å². The zero-order chi connectivity index (χ0) is 13.7. The first-order valence-corrected chi connectivity index (χ1v) is 13.5. The van der Waals surface area contributed by atoms with Gasteiger partial charge in [-0.3, -0.25) is 0 Å². The van der Waals surface area contributed by atoms with Gasteiger partial charge in [-0.05, 0) is 81.8 Å². The van der Waals surface area contributed by atoms with Gasteiger partial charge in [0.1, 0.15) is 0 Å². The van der Waals surface area contributed by atoms with Crippen molar-refractivity contribution in [2.24, 2.45) is 23.7 Å². The minimum atomic E-state index is 0.431. The summed E-state index contributed by atoms with van der Waals surface area (Å²) in [5, 5.41) is 2.25. The van der Waals surface area contributed by atoms with Crippen LogP contribution in [0.15, 0.2) is 0 Å². The van der Waals surface area contributed by atoms with Crippen molar-refractivity contribution in [1.29, 1.82) is 0 Å². The molecule has 4 saturated carbocycles. The minimum Gasteiger partial charge on any atom is -0.121 e. The Balaban J connectivity index is 1.20. The molecule has 0 aliphatic heterocycles. The molecule has 114 valence electrons. The maximum Gasteiger partial charge on any atom is 0.0494 e.